The lowest BCUT2D eigenvalue weighted by Crippen LogP contribution is -2.04. The molecule has 3 aromatic carbocycles. The van der Waals surface area contributed by atoms with Crippen molar-refractivity contribution >= 4 is 27.9 Å². The number of nitrogen functional groups attached to an aromatic ring is 1. The molecular formula is C24H17N3O. The van der Waals surface area contributed by atoms with Crippen molar-refractivity contribution in [3.8, 4) is 11.1 Å². The van der Waals surface area contributed by atoms with E-state index in [4.69, 9.17) is 5.73 Å². The lowest BCUT2D eigenvalue weighted by atomic mass is 9.97. The summed E-state index contributed by atoms with van der Waals surface area (Å²) in [6.07, 6.45) is 5.39. The number of nitrogens with zero attached hydrogens (tertiary/aromatic N) is 2. The molecule has 0 saturated heterocycles. The van der Waals surface area contributed by atoms with Gasteiger partial charge in [0.15, 0.2) is 5.78 Å². The summed E-state index contributed by atoms with van der Waals surface area (Å²) >= 11 is 0. The number of carbonyl (C=O) groups is 1. The van der Waals surface area contributed by atoms with Gasteiger partial charge in [-0.3, -0.25) is 4.79 Å². The molecule has 0 amide bonds. The van der Waals surface area contributed by atoms with E-state index in [9.17, 15) is 4.79 Å². The number of ketones is 1. The maximum absolute atomic E-state index is 13.0. The molecule has 0 aliphatic heterocycles. The number of hydrogen-bond donors (Lipinski definition) is 1. The molecule has 0 saturated carbocycles. The molecule has 2 aromatic heterocycles. The zero-order valence-electron chi connectivity index (χ0n) is 15.0. The summed E-state index contributed by atoms with van der Waals surface area (Å²) < 4.78 is 1.88. The molecule has 5 rings (SSSR count). The molecule has 0 radical (unpaired) electrons. The summed E-state index contributed by atoms with van der Waals surface area (Å²) in [7, 11) is 0. The predicted molar refractivity (Wildman–Crippen MR) is 112 cm³/mol. The summed E-state index contributed by atoms with van der Waals surface area (Å²) in [4.78, 5) is 17.5. The zero-order valence-corrected chi connectivity index (χ0v) is 15.0. The van der Waals surface area contributed by atoms with Crippen LogP contribution in [0.1, 0.15) is 15.9 Å². The van der Waals surface area contributed by atoms with Crippen LogP contribution in [0.25, 0.3) is 27.5 Å². The quantitative estimate of drug-likeness (QED) is 0.364. The van der Waals surface area contributed by atoms with Crippen molar-refractivity contribution in [2.24, 2.45) is 0 Å². The van der Waals surface area contributed by atoms with E-state index in [-0.39, 0.29) is 5.78 Å². The first-order valence-corrected chi connectivity index (χ1v) is 9.06. The van der Waals surface area contributed by atoms with Crippen LogP contribution >= 0.6 is 0 Å². The van der Waals surface area contributed by atoms with Gasteiger partial charge in [-0.1, -0.05) is 54.6 Å². The number of rotatable bonds is 3. The first-order chi connectivity index (χ1) is 13.7. The van der Waals surface area contributed by atoms with E-state index in [0.717, 1.165) is 27.5 Å². The Labute approximate surface area is 161 Å². The lowest BCUT2D eigenvalue weighted by Gasteiger charge is -2.12. The summed E-state index contributed by atoms with van der Waals surface area (Å²) in [5.41, 5.74) is 10.8. The molecular weight excluding hydrogens is 346 g/mol. The molecule has 5 aromatic rings. The average molecular weight is 363 g/mol. The van der Waals surface area contributed by atoms with Gasteiger partial charge >= 0.3 is 0 Å². The van der Waals surface area contributed by atoms with Crippen molar-refractivity contribution in [1.29, 1.82) is 0 Å². The van der Waals surface area contributed by atoms with Gasteiger partial charge in [0.1, 0.15) is 5.65 Å². The Morgan fingerprint density at radius 2 is 1.54 bits per heavy atom. The van der Waals surface area contributed by atoms with Crippen molar-refractivity contribution in [3.05, 3.63) is 103 Å². The second-order valence-corrected chi connectivity index (χ2v) is 6.78. The number of hydrogen-bond acceptors (Lipinski definition) is 3. The van der Waals surface area contributed by atoms with Crippen LogP contribution in [0.3, 0.4) is 0 Å². The Balaban J connectivity index is 1.75. The van der Waals surface area contributed by atoms with Gasteiger partial charge in [-0.05, 0) is 29.0 Å². The highest BCUT2D eigenvalue weighted by molar-refractivity contribution is 6.10. The Morgan fingerprint density at radius 1 is 0.821 bits per heavy atom. The highest BCUT2D eigenvalue weighted by Crippen LogP contribution is 2.33. The molecule has 2 heterocycles. The Morgan fingerprint density at radius 3 is 2.32 bits per heavy atom. The normalized spacial score (nSPS) is 11.1. The fourth-order valence-electron chi connectivity index (χ4n) is 3.60. The SMILES string of the molecule is Nc1cc2ccccc2cc1-c1cc(C(=O)c2ccccc2)cn2ccnc12. The van der Waals surface area contributed by atoms with E-state index >= 15 is 0 Å². The van der Waals surface area contributed by atoms with Gasteiger partial charge in [0.05, 0.1) is 0 Å². The van der Waals surface area contributed by atoms with Crippen LogP contribution in [0.5, 0.6) is 0 Å². The number of nitrogens with two attached hydrogens (primary N) is 1. The van der Waals surface area contributed by atoms with E-state index in [1.54, 1.807) is 6.20 Å². The summed E-state index contributed by atoms with van der Waals surface area (Å²) in [6.45, 7) is 0. The van der Waals surface area contributed by atoms with Gasteiger partial charge in [0.25, 0.3) is 0 Å². The number of aromatic nitrogens is 2. The van der Waals surface area contributed by atoms with E-state index in [1.165, 1.54) is 0 Å². The van der Waals surface area contributed by atoms with Gasteiger partial charge in [-0.15, -0.1) is 0 Å². The minimum Gasteiger partial charge on any atom is -0.398 e. The van der Waals surface area contributed by atoms with Crippen LogP contribution in [0.15, 0.2) is 91.4 Å². The number of fused-ring (bicyclic) bond motifs is 2. The Bertz CT molecular complexity index is 1340. The maximum atomic E-state index is 13.0. The third-order valence-electron chi connectivity index (χ3n) is 4.99. The topological polar surface area (TPSA) is 60.4 Å². The number of carbonyl (C=O) groups excluding carboxylic acids is 1. The van der Waals surface area contributed by atoms with Crippen molar-refractivity contribution < 1.29 is 4.79 Å². The maximum Gasteiger partial charge on any atom is 0.194 e. The number of imidazole rings is 1. The smallest absolute Gasteiger partial charge is 0.194 e. The second-order valence-electron chi connectivity index (χ2n) is 6.78. The summed E-state index contributed by atoms with van der Waals surface area (Å²) in [5.74, 6) is -0.0307. The van der Waals surface area contributed by atoms with Gasteiger partial charge in [-0.25, -0.2) is 4.98 Å². The Hall–Kier alpha value is -3.92. The van der Waals surface area contributed by atoms with Crippen LogP contribution in [0.2, 0.25) is 0 Å². The van der Waals surface area contributed by atoms with Crippen LogP contribution in [-0.2, 0) is 0 Å². The van der Waals surface area contributed by atoms with Gasteiger partial charge < -0.3 is 10.1 Å². The molecule has 0 spiro atoms. The molecule has 0 bridgehead atoms. The molecule has 0 fully saturated rings. The number of benzene rings is 3. The molecule has 0 aliphatic carbocycles. The van der Waals surface area contributed by atoms with Crippen LogP contribution in [0.4, 0.5) is 5.69 Å². The number of pyridine rings is 1. The van der Waals surface area contributed by atoms with Crippen molar-refractivity contribution in [1.82, 2.24) is 9.38 Å². The minimum absolute atomic E-state index is 0.0307. The monoisotopic (exact) mass is 363 g/mol. The molecule has 4 nitrogen and oxygen atoms in total. The molecule has 0 aliphatic rings. The van der Waals surface area contributed by atoms with Crippen molar-refractivity contribution in [2.75, 3.05) is 5.73 Å². The Kier molecular flexibility index (Phi) is 3.69. The molecule has 2 N–H and O–H groups in total. The second kappa shape index (κ2) is 6.35. The highest BCUT2D eigenvalue weighted by Gasteiger charge is 2.16. The first-order valence-electron chi connectivity index (χ1n) is 9.06. The standard InChI is InChI=1S/C24H17N3O/c25-22-14-18-9-5-4-8-17(18)12-20(22)21-13-19(15-27-11-10-26-24(21)27)23(28)16-6-2-1-3-7-16/h1-15H,25H2. The summed E-state index contributed by atoms with van der Waals surface area (Å²) in [5, 5.41) is 2.18. The molecule has 28 heavy (non-hydrogen) atoms. The first kappa shape index (κ1) is 16.3. The van der Waals surface area contributed by atoms with Crippen molar-refractivity contribution in [3.63, 3.8) is 0 Å². The largest absolute Gasteiger partial charge is 0.398 e. The lowest BCUT2D eigenvalue weighted by molar-refractivity contribution is 0.103. The predicted octanol–water partition coefficient (Wildman–Crippen LogP) is 4.97. The summed E-state index contributed by atoms with van der Waals surface area (Å²) in [6, 6.07) is 23.3. The van der Waals surface area contributed by atoms with Crippen molar-refractivity contribution in [2.45, 2.75) is 0 Å². The van der Waals surface area contributed by atoms with E-state index in [1.807, 2.05) is 77.5 Å². The fraction of sp³-hybridized carbons (Fsp3) is 0. The van der Waals surface area contributed by atoms with Crippen LogP contribution < -0.4 is 5.73 Å². The highest BCUT2D eigenvalue weighted by atomic mass is 16.1. The van der Waals surface area contributed by atoms with Gasteiger partial charge in [0, 0.05) is 46.5 Å². The molecule has 4 heteroatoms. The zero-order chi connectivity index (χ0) is 19.1. The van der Waals surface area contributed by atoms with E-state index in [2.05, 4.69) is 17.1 Å². The molecule has 0 atom stereocenters. The molecule has 0 unspecified atom stereocenters. The third-order valence-corrected chi connectivity index (χ3v) is 4.99. The molecule has 134 valence electrons. The van der Waals surface area contributed by atoms with Gasteiger partial charge in [-0.2, -0.15) is 0 Å². The van der Waals surface area contributed by atoms with Gasteiger partial charge in [0.2, 0.25) is 0 Å². The third kappa shape index (κ3) is 2.63. The van der Waals surface area contributed by atoms with E-state index < -0.39 is 0 Å². The van der Waals surface area contributed by atoms with E-state index in [0.29, 0.717) is 16.8 Å². The number of anilines is 1. The van der Waals surface area contributed by atoms with Crippen LogP contribution in [0, 0.1) is 0 Å². The fourth-order valence-corrected chi connectivity index (χ4v) is 3.60. The average Bonchev–Trinajstić information content (AvgIpc) is 3.21. The van der Waals surface area contributed by atoms with Crippen LogP contribution in [-0.4, -0.2) is 15.2 Å². The minimum atomic E-state index is -0.0307.